The van der Waals surface area contributed by atoms with Crippen molar-refractivity contribution in [3.63, 3.8) is 0 Å². The lowest BCUT2D eigenvalue weighted by atomic mass is 10.2. The van der Waals surface area contributed by atoms with Crippen molar-refractivity contribution in [1.82, 2.24) is 5.48 Å². The van der Waals surface area contributed by atoms with Gasteiger partial charge >= 0.3 is 5.97 Å². The molecular weight excluding hydrogens is 168 g/mol. The average Bonchev–Trinajstić information content (AvgIpc) is 2.19. The van der Waals surface area contributed by atoms with Gasteiger partial charge in [-0.25, -0.2) is 4.79 Å². The summed E-state index contributed by atoms with van der Waals surface area (Å²) in [6, 6.07) is 9.63. The Labute approximate surface area is 76.6 Å². The first-order chi connectivity index (χ1) is 6.33. The van der Waals surface area contributed by atoms with Crippen LogP contribution in [-0.4, -0.2) is 12.5 Å². The number of rotatable bonds is 4. The Bertz CT molecular complexity index is 262. The molecule has 13 heavy (non-hydrogen) atoms. The Morgan fingerprint density at radius 2 is 2.08 bits per heavy atom. The van der Waals surface area contributed by atoms with Crippen LogP contribution in [0, 0.1) is 0 Å². The Morgan fingerprint density at radius 3 is 2.69 bits per heavy atom. The van der Waals surface area contributed by atoms with Crippen molar-refractivity contribution in [3.05, 3.63) is 35.9 Å². The van der Waals surface area contributed by atoms with Crippen LogP contribution in [0.2, 0.25) is 0 Å². The normalized spacial score (nSPS) is 9.62. The molecule has 1 aromatic rings. The fraction of sp³-hybridized carbons (Fsp3) is 0.222. The van der Waals surface area contributed by atoms with Crippen molar-refractivity contribution in [3.8, 4) is 0 Å². The van der Waals surface area contributed by atoms with Gasteiger partial charge in [0.1, 0.15) is 0 Å². The molecule has 0 aromatic heterocycles. The van der Waals surface area contributed by atoms with Crippen LogP contribution >= 0.6 is 0 Å². The molecule has 0 aliphatic rings. The molecule has 0 atom stereocenters. The van der Waals surface area contributed by atoms with E-state index in [0.717, 1.165) is 5.56 Å². The summed E-state index contributed by atoms with van der Waals surface area (Å²) in [5.41, 5.74) is 8.61. The zero-order chi connectivity index (χ0) is 9.52. The molecule has 0 aliphatic carbocycles. The van der Waals surface area contributed by atoms with Gasteiger partial charge in [0, 0.05) is 0 Å². The van der Waals surface area contributed by atoms with Crippen LogP contribution in [0.3, 0.4) is 0 Å². The van der Waals surface area contributed by atoms with E-state index in [1.165, 1.54) is 0 Å². The number of hydrogen-bond acceptors (Lipinski definition) is 4. The summed E-state index contributed by atoms with van der Waals surface area (Å²) < 4.78 is 0. The summed E-state index contributed by atoms with van der Waals surface area (Å²) in [6.07, 6.45) is 0. The van der Waals surface area contributed by atoms with E-state index < -0.39 is 5.97 Å². The molecule has 0 aliphatic heterocycles. The zero-order valence-corrected chi connectivity index (χ0v) is 7.19. The quantitative estimate of drug-likeness (QED) is 0.649. The predicted molar refractivity (Wildman–Crippen MR) is 48.4 cm³/mol. The topological polar surface area (TPSA) is 64.4 Å². The second kappa shape index (κ2) is 5.29. The predicted octanol–water partition coefficient (Wildman–Crippen LogP) is 0.193. The van der Waals surface area contributed by atoms with Gasteiger partial charge in [-0.1, -0.05) is 30.3 Å². The van der Waals surface area contributed by atoms with Gasteiger partial charge in [-0.3, -0.25) is 0 Å². The highest BCUT2D eigenvalue weighted by Crippen LogP contribution is 1.96. The number of nitrogens with two attached hydrogens (primary N) is 1. The average molecular weight is 180 g/mol. The standard InChI is InChI=1S/C9H12N2O2/c10-6-9(12)13-11-7-8-4-2-1-3-5-8/h1-5,11H,6-7,10H2. The molecule has 70 valence electrons. The van der Waals surface area contributed by atoms with Crippen LogP contribution in [0.25, 0.3) is 0 Å². The maximum atomic E-state index is 10.6. The number of nitrogens with one attached hydrogen (secondary N) is 1. The highest BCUT2D eigenvalue weighted by Gasteiger charge is 1.97. The van der Waals surface area contributed by atoms with Gasteiger partial charge in [0.15, 0.2) is 0 Å². The molecule has 0 heterocycles. The Morgan fingerprint density at radius 1 is 1.38 bits per heavy atom. The van der Waals surface area contributed by atoms with Crippen LogP contribution in [0.4, 0.5) is 0 Å². The fourth-order valence-corrected chi connectivity index (χ4v) is 0.837. The van der Waals surface area contributed by atoms with E-state index in [4.69, 9.17) is 5.73 Å². The smallest absolute Gasteiger partial charge is 0.338 e. The van der Waals surface area contributed by atoms with E-state index in [1.54, 1.807) is 0 Å². The van der Waals surface area contributed by atoms with E-state index in [0.29, 0.717) is 6.54 Å². The SMILES string of the molecule is NCC(=O)ONCc1ccccc1. The van der Waals surface area contributed by atoms with Gasteiger partial charge in [-0.05, 0) is 5.56 Å². The van der Waals surface area contributed by atoms with Gasteiger partial charge < -0.3 is 10.6 Å². The molecule has 4 nitrogen and oxygen atoms in total. The van der Waals surface area contributed by atoms with Crippen LogP contribution in [0.1, 0.15) is 5.56 Å². The summed E-state index contributed by atoms with van der Waals surface area (Å²) in [6.45, 7) is 0.383. The van der Waals surface area contributed by atoms with Crippen molar-refractivity contribution in [2.45, 2.75) is 6.54 Å². The molecule has 1 rings (SSSR count). The van der Waals surface area contributed by atoms with Gasteiger partial charge in [0.25, 0.3) is 0 Å². The first-order valence-corrected chi connectivity index (χ1v) is 3.99. The van der Waals surface area contributed by atoms with E-state index in [9.17, 15) is 4.79 Å². The summed E-state index contributed by atoms with van der Waals surface area (Å²) in [5.74, 6) is -0.462. The largest absolute Gasteiger partial charge is 0.369 e. The second-order valence-corrected chi connectivity index (χ2v) is 2.48. The summed E-state index contributed by atoms with van der Waals surface area (Å²) >= 11 is 0. The fourth-order valence-electron chi connectivity index (χ4n) is 0.837. The van der Waals surface area contributed by atoms with Crippen LogP contribution in [-0.2, 0) is 16.2 Å². The van der Waals surface area contributed by atoms with Crippen molar-refractivity contribution in [2.24, 2.45) is 5.73 Å². The van der Waals surface area contributed by atoms with Crippen molar-refractivity contribution < 1.29 is 9.63 Å². The number of carbonyl (C=O) groups is 1. The highest BCUT2D eigenvalue weighted by atomic mass is 16.7. The summed E-state index contributed by atoms with van der Waals surface area (Å²) in [5, 5.41) is 0. The van der Waals surface area contributed by atoms with Crippen molar-refractivity contribution in [2.75, 3.05) is 6.54 Å². The lowest BCUT2D eigenvalue weighted by Gasteiger charge is -2.03. The lowest BCUT2D eigenvalue weighted by Crippen LogP contribution is -2.25. The van der Waals surface area contributed by atoms with Gasteiger partial charge in [0.05, 0.1) is 13.1 Å². The molecule has 0 radical (unpaired) electrons. The second-order valence-electron chi connectivity index (χ2n) is 2.48. The molecule has 0 bridgehead atoms. The molecule has 0 unspecified atom stereocenters. The van der Waals surface area contributed by atoms with Gasteiger partial charge in [0.2, 0.25) is 0 Å². The Hall–Kier alpha value is -1.39. The maximum absolute atomic E-state index is 10.6. The van der Waals surface area contributed by atoms with Crippen LogP contribution in [0.15, 0.2) is 30.3 Å². The first-order valence-electron chi connectivity index (χ1n) is 3.99. The van der Waals surface area contributed by atoms with Crippen molar-refractivity contribution in [1.29, 1.82) is 0 Å². The molecule has 0 spiro atoms. The van der Waals surface area contributed by atoms with E-state index in [1.807, 2.05) is 30.3 Å². The monoisotopic (exact) mass is 180 g/mol. The van der Waals surface area contributed by atoms with Crippen LogP contribution in [0.5, 0.6) is 0 Å². The minimum atomic E-state index is -0.462. The Kier molecular flexibility index (Phi) is 3.95. The van der Waals surface area contributed by atoms with Gasteiger partial charge in [-0.15, -0.1) is 5.48 Å². The third kappa shape index (κ3) is 3.68. The Balaban J connectivity index is 2.24. The molecular formula is C9H12N2O2. The van der Waals surface area contributed by atoms with E-state index >= 15 is 0 Å². The number of hydroxylamine groups is 1. The molecule has 3 N–H and O–H groups in total. The lowest BCUT2D eigenvalue weighted by molar-refractivity contribution is -0.149. The van der Waals surface area contributed by atoms with Crippen LogP contribution < -0.4 is 11.2 Å². The molecule has 0 saturated carbocycles. The van der Waals surface area contributed by atoms with E-state index in [2.05, 4.69) is 10.3 Å². The summed E-state index contributed by atoms with van der Waals surface area (Å²) in [7, 11) is 0. The van der Waals surface area contributed by atoms with E-state index in [-0.39, 0.29) is 6.54 Å². The number of carbonyl (C=O) groups excluding carboxylic acids is 1. The minimum absolute atomic E-state index is 0.109. The minimum Gasteiger partial charge on any atom is -0.369 e. The maximum Gasteiger partial charge on any atom is 0.338 e. The third-order valence-corrected chi connectivity index (χ3v) is 1.47. The summed E-state index contributed by atoms with van der Waals surface area (Å²) in [4.78, 5) is 15.2. The highest BCUT2D eigenvalue weighted by molar-refractivity contribution is 5.70. The molecule has 4 heteroatoms. The zero-order valence-electron chi connectivity index (χ0n) is 7.19. The van der Waals surface area contributed by atoms with Crippen molar-refractivity contribution >= 4 is 5.97 Å². The van der Waals surface area contributed by atoms with Gasteiger partial charge in [-0.2, -0.15) is 0 Å². The number of hydrogen-bond donors (Lipinski definition) is 2. The molecule has 0 fully saturated rings. The first kappa shape index (κ1) is 9.70. The number of benzene rings is 1. The third-order valence-electron chi connectivity index (χ3n) is 1.47. The molecule has 1 aromatic carbocycles. The molecule has 0 saturated heterocycles. The molecule has 0 amide bonds.